The summed E-state index contributed by atoms with van der Waals surface area (Å²) < 4.78 is 27.9. The number of amides is 1. The lowest BCUT2D eigenvalue weighted by atomic mass is 9.95. The van der Waals surface area contributed by atoms with Gasteiger partial charge in [-0.05, 0) is 79.8 Å². The van der Waals surface area contributed by atoms with E-state index in [9.17, 15) is 13.2 Å². The molecular weight excluding hydrogens is 410 g/mol. The quantitative estimate of drug-likeness (QED) is 0.733. The molecule has 164 valence electrons. The van der Waals surface area contributed by atoms with Crippen LogP contribution in [0.4, 0.5) is 0 Å². The molecule has 31 heavy (non-hydrogen) atoms. The van der Waals surface area contributed by atoms with Crippen LogP contribution in [0.25, 0.3) is 0 Å². The number of benzene rings is 1. The van der Waals surface area contributed by atoms with Crippen LogP contribution >= 0.6 is 0 Å². The Labute approximate surface area is 184 Å². The molecule has 0 N–H and O–H groups in total. The normalized spacial score (nSPS) is 22.6. The maximum atomic E-state index is 13.3. The average Bonchev–Trinajstić information content (AvgIpc) is 3.48. The van der Waals surface area contributed by atoms with Gasteiger partial charge < -0.3 is 4.90 Å². The number of likely N-dealkylation sites (tertiary alicyclic amines) is 1. The summed E-state index contributed by atoms with van der Waals surface area (Å²) in [4.78, 5) is 19.9. The van der Waals surface area contributed by atoms with E-state index in [0.717, 1.165) is 44.2 Å². The van der Waals surface area contributed by atoms with E-state index in [1.807, 2.05) is 35.4 Å². The number of rotatable bonds is 4. The molecule has 6 nitrogen and oxygen atoms in total. The summed E-state index contributed by atoms with van der Waals surface area (Å²) in [6, 6.07) is 9.62. The van der Waals surface area contributed by atoms with Crippen LogP contribution in [0.5, 0.6) is 0 Å². The molecule has 2 fully saturated rings. The molecule has 5 rings (SSSR count). The number of hydrogen-bond donors (Lipinski definition) is 0. The monoisotopic (exact) mass is 439 g/mol. The molecule has 2 aliphatic heterocycles. The lowest BCUT2D eigenvalue weighted by Gasteiger charge is -2.34. The summed E-state index contributed by atoms with van der Waals surface area (Å²) in [5, 5.41) is 0. The van der Waals surface area contributed by atoms with E-state index in [-0.39, 0.29) is 17.9 Å². The van der Waals surface area contributed by atoms with Crippen molar-refractivity contribution in [3.63, 3.8) is 0 Å². The molecular formula is C24H29N3O3S. The van der Waals surface area contributed by atoms with Crippen LogP contribution in [-0.4, -0.2) is 48.1 Å². The van der Waals surface area contributed by atoms with Crippen molar-refractivity contribution in [1.82, 2.24) is 14.2 Å². The third-order valence-electron chi connectivity index (χ3n) is 7.12. The van der Waals surface area contributed by atoms with Crippen LogP contribution in [-0.2, 0) is 27.7 Å². The summed E-state index contributed by atoms with van der Waals surface area (Å²) in [7, 11) is -3.51. The molecule has 0 radical (unpaired) electrons. The molecule has 7 heteroatoms. The van der Waals surface area contributed by atoms with Gasteiger partial charge in [0.2, 0.25) is 15.9 Å². The summed E-state index contributed by atoms with van der Waals surface area (Å²) in [5.74, 6) is 0.0599. The van der Waals surface area contributed by atoms with Crippen molar-refractivity contribution in [2.24, 2.45) is 5.92 Å². The minimum atomic E-state index is -3.51. The molecule has 0 unspecified atom stereocenters. The van der Waals surface area contributed by atoms with Gasteiger partial charge >= 0.3 is 0 Å². The highest BCUT2D eigenvalue weighted by Gasteiger charge is 2.37. The molecule has 0 spiro atoms. The fraction of sp³-hybridized carbons (Fsp3) is 0.500. The highest BCUT2D eigenvalue weighted by Crippen LogP contribution is 2.35. The Morgan fingerprint density at radius 3 is 2.55 bits per heavy atom. The maximum Gasteiger partial charge on any atom is 0.243 e. The first-order chi connectivity index (χ1) is 15.0. The Bertz CT molecular complexity index is 1060. The van der Waals surface area contributed by atoms with Crippen molar-refractivity contribution in [2.75, 3.05) is 19.6 Å². The SMILES string of the molecule is O=C(C1CCN(S(=O)(=O)c2ccc3c(c2)CCC3)CC1)N1CCC[C@H]1c1cccnc1. The fourth-order valence-corrected chi connectivity index (χ4v) is 6.91. The van der Waals surface area contributed by atoms with E-state index < -0.39 is 10.0 Å². The number of carbonyl (C=O) groups excluding carboxylic acids is 1. The smallest absolute Gasteiger partial charge is 0.243 e. The zero-order valence-electron chi connectivity index (χ0n) is 17.7. The molecule has 2 aromatic rings. The van der Waals surface area contributed by atoms with Crippen LogP contribution in [0.15, 0.2) is 47.6 Å². The summed E-state index contributed by atoms with van der Waals surface area (Å²) in [6.45, 7) is 1.58. The molecule has 1 aliphatic carbocycles. The van der Waals surface area contributed by atoms with Crippen LogP contribution in [0.1, 0.15) is 54.8 Å². The molecule has 0 bridgehead atoms. The number of carbonyl (C=O) groups is 1. The lowest BCUT2D eigenvalue weighted by Crippen LogP contribution is -2.44. The van der Waals surface area contributed by atoms with Gasteiger partial charge in [0.05, 0.1) is 10.9 Å². The largest absolute Gasteiger partial charge is 0.335 e. The minimum absolute atomic E-state index is 0.0920. The lowest BCUT2D eigenvalue weighted by molar-refractivity contribution is -0.137. The van der Waals surface area contributed by atoms with Crippen LogP contribution in [0, 0.1) is 5.92 Å². The Kier molecular flexibility index (Phi) is 5.56. The molecule has 1 amide bonds. The first-order valence-corrected chi connectivity index (χ1v) is 12.8. The topological polar surface area (TPSA) is 70.6 Å². The highest BCUT2D eigenvalue weighted by molar-refractivity contribution is 7.89. The van der Waals surface area contributed by atoms with Gasteiger partial charge in [-0.25, -0.2) is 8.42 Å². The zero-order chi connectivity index (χ0) is 21.4. The second-order valence-corrected chi connectivity index (χ2v) is 10.9. The summed E-state index contributed by atoms with van der Waals surface area (Å²) in [5.41, 5.74) is 3.53. The molecule has 3 heterocycles. The second kappa shape index (κ2) is 8.36. The first-order valence-electron chi connectivity index (χ1n) is 11.4. The Morgan fingerprint density at radius 2 is 1.77 bits per heavy atom. The predicted octanol–water partition coefficient (Wildman–Crippen LogP) is 3.33. The van der Waals surface area contributed by atoms with E-state index in [1.54, 1.807) is 16.6 Å². The van der Waals surface area contributed by atoms with Gasteiger partial charge in [0.1, 0.15) is 0 Å². The molecule has 0 saturated carbocycles. The van der Waals surface area contributed by atoms with Crippen molar-refractivity contribution >= 4 is 15.9 Å². The molecule has 1 atom stereocenters. The van der Waals surface area contributed by atoms with Crippen molar-refractivity contribution in [1.29, 1.82) is 0 Å². The van der Waals surface area contributed by atoms with E-state index >= 15 is 0 Å². The number of aromatic nitrogens is 1. The average molecular weight is 440 g/mol. The zero-order valence-corrected chi connectivity index (χ0v) is 18.6. The van der Waals surface area contributed by atoms with Crippen LogP contribution < -0.4 is 0 Å². The molecule has 2 saturated heterocycles. The molecule has 1 aromatic carbocycles. The van der Waals surface area contributed by atoms with Gasteiger partial charge in [-0.1, -0.05) is 12.1 Å². The highest BCUT2D eigenvalue weighted by atomic mass is 32.2. The third kappa shape index (κ3) is 3.89. The number of piperidine rings is 1. The van der Waals surface area contributed by atoms with E-state index in [1.165, 1.54) is 11.1 Å². The van der Waals surface area contributed by atoms with Crippen molar-refractivity contribution < 1.29 is 13.2 Å². The Balaban J connectivity index is 1.25. The fourth-order valence-electron chi connectivity index (χ4n) is 5.39. The van der Waals surface area contributed by atoms with Crippen molar-refractivity contribution in [2.45, 2.75) is 55.9 Å². The van der Waals surface area contributed by atoms with Gasteiger partial charge in [-0.3, -0.25) is 9.78 Å². The van der Waals surface area contributed by atoms with E-state index in [4.69, 9.17) is 0 Å². The Morgan fingerprint density at radius 1 is 0.968 bits per heavy atom. The number of nitrogens with zero attached hydrogens (tertiary/aromatic N) is 3. The molecule has 1 aromatic heterocycles. The first kappa shape index (κ1) is 20.6. The van der Waals surface area contributed by atoms with Crippen molar-refractivity contribution in [3.05, 3.63) is 59.4 Å². The standard InChI is InChI=1S/C24H29N3O3S/c28-24(27-13-3-7-23(27)21-6-2-12-25-17-21)19-10-14-26(15-11-19)31(29,30)22-9-8-18-4-1-5-20(18)16-22/h2,6,8-9,12,16-17,19,23H,1,3-5,7,10-11,13-15H2/t23-/m0/s1. The van der Waals surface area contributed by atoms with Gasteiger partial charge in [-0.2, -0.15) is 4.31 Å². The van der Waals surface area contributed by atoms with Gasteiger partial charge in [0.25, 0.3) is 0 Å². The van der Waals surface area contributed by atoms with Crippen molar-refractivity contribution in [3.8, 4) is 0 Å². The number of pyridine rings is 1. The number of sulfonamides is 1. The van der Waals surface area contributed by atoms with E-state index in [2.05, 4.69) is 4.98 Å². The van der Waals surface area contributed by atoms with Gasteiger partial charge in [0.15, 0.2) is 0 Å². The number of hydrogen-bond acceptors (Lipinski definition) is 4. The summed E-state index contributed by atoms with van der Waals surface area (Å²) >= 11 is 0. The number of fused-ring (bicyclic) bond motifs is 1. The van der Waals surface area contributed by atoms with E-state index in [0.29, 0.717) is 30.8 Å². The number of aryl methyl sites for hydroxylation is 2. The molecule has 3 aliphatic rings. The minimum Gasteiger partial charge on any atom is -0.335 e. The maximum absolute atomic E-state index is 13.3. The predicted molar refractivity (Wildman–Crippen MR) is 118 cm³/mol. The van der Waals surface area contributed by atoms with Gasteiger partial charge in [-0.15, -0.1) is 0 Å². The van der Waals surface area contributed by atoms with Crippen LogP contribution in [0.3, 0.4) is 0 Å². The summed E-state index contributed by atoms with van der Waals surface area (Å²) in [6.07, 6.45) is 9.83. The third-order valence-corrected chi connectivity index (χ3v) is 9.01. The Hall–Kier alpha value is -2.25. The van der Waals surface area contributed by atoms with Crippen LogP contribution in [0.2, 0.25) is 0 Å². The second-order valence-electron chi connectivity index (χ2n) is 8.94. The van der Waals surface area contributed by atoms with Gasteiger partial charge in [0, 0.05) is 37.9 Å².